The Morgan fingerprint density at radius 1 is 1.37 bits per heavy atom. The van der Waals surface area contributed by atoms with Gasteiger partial charge in [-0.2, -0.15) is 18.3 Å². The van der Waals surface area contributed by atoms with Crippen LogP contribution in [0, 0.1) is 6.92 Å². The zero-order valence-electron chi connectivity index (χ0n) is 14.5. The molecule has 1 aliphatic heterocycles. The lowest BCUT2D eigenvalue weighted by Crippen LogP contribution is -2.39. The van der Waals surface area contributed by atoms with Crippen LogP contribution in [0.25, 0.3) is 0 Å². The van der Waals surface area contributed by atoms with Crippen molar-refractivity contribution >= 4 is 5.97 Å². The molecule has 0 amide bonds. The Morgan fingerprint density at radius 3 is 2.67 bits per heavy atom. The minimum Gasteiger partial charge on any atom is -0.480 e. The number of aryl methyl sites for hydroxylation is 1. The Bertz CT molecular complexity index is 887. The zero-order valence-corrected chi connectivity index (χ0v) is 14.5. The number of carboxylic acid groups (broad SMARTS) is 1. The molecule has 2 N–H and O–H groups in total. The van der Waals surface area contributed by atoms with Gasteiger partial charge < -0.3 is 9.63 Å². The maximum Gasteiger partial charge on any atom is 0.416 e. The van der Waals surface area contributed by atoms with Crippen molar-refractivity contribution < 1.29 is 27.6 Å². The topological polar surface area (TPSA) is 86.5 Å². The molecule has 2 atom stereocenters. The largest absolute Gasteiger partial charge is 0.480 e. The highest BCUT2D eigenvalue weighted by Gasteiger charge is 2.35. The van der Waals surface area contributed by atoms with Gasteiger partial charge in [-0.05, 0) is 43.0 Å². The molecule has 2 heterocycles. The van der Waals surface area contributed by atoms with Crippen molar-refractivity contribution in [2.24, 2.45) is 0 Å². The predicted octanol–water partition coefficient (Wildman–Crippen LogP) is 3.30. The third-order valence-electron chi connectivity index (χ3n) is 4.95. The van der Waals surface area contributed by atoms with Gasteiger partial charge in [0.05, 0.1) is 12.1 Å². The van der Waals surface area contributed by atoms with Gasteiger partial charge in [-0.15, -0.1) is 0 Å². The molecule has 6 nitrogen and oxygen atoms in total. The summed E-state index contributed by atoms with van der Waals surface area (Å²) in [7, 11) is 0. The van der Waals surface area contributed by atoms with Crippen LogP contribution < -0.4 is 5.56 Å². The fourth-order valence-corrected chi connectivity index (χ4v) is 3.68. The number of halogens is 3. The summed E-state index contributed by atoms with van der Waals surface area (Å²) in [5.74, 6) is -0.651. The molecule has 1 saturated heterocycles. The molecule has 1 fully saturated rings. The Kier molecular flexibility index (Phi) is 5.14. The van der Waals surface area contributed by atoms with E-state index in [1.807, 2.05) is 0 Å². The SMILES string of the molecule is Cc1cc(C(F)(F)F)ccc1C1CC(c2cc(=O)[nH]o2)CCN1CC(=O)O. The Morgan fingerprint density at radius 2 is 2.11 bits per heavy atom. The van der Waals surface area contributed by atoms with Crippen LogP contribution in [-0.2, 0) is 11.0 Å². The van der Waals surface area contributed by atoms with Gasteiger partial charge in [0.25, 0.3) is 5.56 Å². The molecular formula is C18H19F3N2O4. The minimum absolute atomic E-state index is 0.124. The summed E-state index contributed by atoms with van der Waals surface area (Å²) in [5.41, 5.74) is -0.00836. The molecule has 146 valence electrons. The first kappa shape index (κ1) is 19.2. The highest BCUT2D eigenvalue weighted by atomic mass is 19.4. The minimum atomic E-state index is -4.44. The number of H-pyrrole nitrogens is 1. The van der Waals surface area contributed by atoms with E-state index in [9.17, 15) is 27.9 Å². The Labute approximate surface area is 152 Å². The number of alkyl halides is 3. The van der Waals surface area contributed by atoms with Crippen molar-refractivity contribution in [1.29, 1.82) is 0 Å². The molecule has 2 aromatic rings. The van der Waals surface area contributed by atoms with E-state index in [-0.39, 0.29) is 24.1 Å². The number of aromatic amines is 1. The smallest absolute Gasteiger partial charge is 0.416 e. The van der Waals surface area contributed by atoms with E-state index in [2.05, 4.69) is 5.16 Å². The first-order valence-electron chi connectivity index (χ1n) is 8.47. The second kappa shape index (κ2) is 7.22. The van der Waals surface area contributed by atoms with Gasteiger partial charge in [0.1, 0.15) is 5.76 Å². The van der Waals surface area contributed by atoms with Gasteiger partial charge in [0, 0.05) is 24.6 Å². The zero-order chi connectivity index (χ0) is 19.8. The number of carboxylic acids is 1. The summed E-state index contributed by atoms with van der Waals surface area (Å²) in [6.07, 6.45) is -3.40. The molecule has 9 heteroatoms. The summed E-state index contributed by atoms with van der Waals surface area (Å²) in [4.78, 5) is 24.3. The summed E-state index contributed by atoms with van der Waals surface area (Å²) >= 11 is 0. The number of hydrogen-bond donors (Lipinski definition) is 2. The lowest BCUT2D eigenvalue weighted by molar-refractivity contribution is -0.139. The Balaban J connectivity index is 1.93. The number of aliphatic carboxylic acids is 1. The fraction of sp³-hybridized carbons (Fsp3) is 0.444. The van der Waals surface area contributed by atoms with Crippen molar-refractivity contribution in [3.05, 3.63) is 57.1 Å². The van der Waals surface area contributed by atoms with E-state index in [1.54, 1.807) is 11.8 Å². The number of rotatable bonds is 4. The molecule has 1 aliphatic rings. The number of aromatic nitrogens is 1. The number of carbonyl (C=O) groups is 1. The van der Waals surface area contributed by atoms with Gasteiger partial charge in [-0.25, -0.2) is 0 Å². The van der Waals surface area contributed by atoms with Crippen LogP contribution in [0.15, 0.2) is 33.6 Å². The highest BCUT2D eigenvalue weighted by Crippen LogP contribution is 2.41. The van der Waals surface area contributed by atoms with E-state index in [4.69, 9.17) is 4.52 Å². The van der Waals surface area contributed by atoms with E-state index >= 15 is 0 Å². The summed E-state index contributed by atoms with van der Waals surface area (Å²) in [6, 6.07) is 4.47. The Hall–Kier alpha value is -2.55. The van der Waals surface area contributed by atoms with Crippen LogP contribution in [0.1, 0.15) is 47.3 Å². The molecule has 0 bridgehead atoms. The monoisotopic (exact) mass is 384 g/mol. The standard InChI is InChI=1S/C18H19F3N2O4/c1-10-6-12(18(19,20)21)2-3-13(10)14-7-11(15-8-16(24)22-27-15)4-5-23(14)9-17(25)26/h2-3,6,8,11,14H,4-5,7,9H2,1H3,(H,22,24)(H,25,26). The van der Waals surface area contributed by atoms with Gasteiger partial charge >= 0.3 is 12.1 Å². The van der Waals surface area contributed by atoms with Crippen LogP contribution in [0.4, 0.5) is 13.2 Å². The second-order valence-corrected chi connectivity index (χ2v) is 6.79. The van der Waals surface area contributed by atoms with Crippen LogP contribution in [0.3, 0.4) is 0 Å². The number of piperidine rings is 1. The van der Waals surface area contributed by atoms with Crippen molar-refractivity contribution in [1.82, 2.24) is 10.1 Å². The molecule has 1 aromatic heterocycles. The first-order chi connectivity index (χ1) is 12.6. The molecule has 3 rings (SSSR count). The molecule has 0 spiro atoms. The average Bonchev–Trinajstić information content (AvgIpc) is 3.00. The molecule has 1 aromatic carbocycles. The van der Waals surface area contributed by atoms with Crippen LogP contribution in [0.2, 0.25) is 0 Å². The molecule has 2 unspecified atom stereocenters. The van der Waals surface area contributed by atoms with Crippen LogP contribution >= 0.6 is 0 Å². The normalized spacial score (nSPS) is 21.3. The van der Waals surface area contributed by atoms with Crippen molar-refractivity contribution in [3.8, 4) is 0 Å². The average molecular weight is 384 g/mol. The fourth-order valence-electron chi connectivity index (χ4n) is 3.68. The van der Waals surface area contributed by atoms with E-state index in [0.29, 0.717) is 36.3 Å². The predicted molar refractivity (Wildman–Crippen MR) is 89.4 cm³/mol. The molecular weight excluding hydrogens is 365 g/mol. The van der Waals surface area contributed by atoms with Crippen molar-refractivity contribution in [2.45, 2.75) is 37.9 Å². The maximum absolute atomic E-state index is 12.9. The quantitative estimate of drug-likeness (QED) is 0.845. The number of hydrogen-bond acceptors (Lipinski definition) is 4. The molecule has 0 radical (unpaired) electrons. The van der Waals surface area contributed by atoms with Gasteiger partial charge in [0.2, 0.25) is 0 Å². The van der Waals surface area contributed by atoms with Crippen molar-refractivity contribution in [2.75, 3.05) is 13.1 Å². The lowest BCUT2D eigenvalue weighted by atomic mass is 9.84. The second-order valence-electron chi connectivity index (χ2n) is 6.79. The number of nitrogens with zero attached hydrogens (tertiary/aromatic N) is 1. The molecule has 0 aliphatic carbocycles. The van der Waals surface area contributed by atoms with E-state index in [1.165, 1.54) is 12.1 Å². The van der Waals surface area contributed by atoms with E-state index in [0.717, 1.165) is 12.1 Å². The lowest BCUT2D eigenvalue weighted by Gasteiger charge is -2.39. The maximum atomic E-state index is 12.9. The summed E-state index contributed by atoms with van der Waals surface area (Å²) < 4.78 is 44.0. The van der Waals surface area contributed by atoms with Gasteiger partial charge in [0.15, 0.2) is 0 Å². The summed E-state index contributed by atoms with van der Waals surface area (Å²) in [5, 5.41) is 11.4. The van der Waals surface area contributed by atoms with Crippen LogP contribution in [-0.4, -0.2) is 34.2 Å². The van der Waals surface area contributed by atoms with Crippen molar-refractivity contribution in [3.63, 3.8) is 0 Å². The molecule has 0 saturated carbocycles. The highest BCUT2D eigenvalue weighted by molar-refractivity contribution is 5.69. The number of likely N-dealkylation sites (tertiary alicyclic amines) is 1. The van der Waals surface area contributed by atoms with Crippen LogP contribution in [0.5, 0.6) is 0 Å². The third-order valence-corrected chi connectivity index (χ3v) is 4.95. The summed E-state index contributed by atoms with van der Waals surface area (Å²) in [6.45, 7) is 1.80. The van der Waals surface area contributed by atoms with Gasteiger partial charge in [-0.3, -0.25) is 14.5 Å². The third kappa shape index (κ3) is 4.24. The first-order valence-corrected chi connectivity index (χ1v) is 8.47. The molecule has 27 heavy (non-hydrogen) atoms. The number of benzene rings is 1. The van der Waals surface area contributed by atoms with Gasteiger partial charge in [-0.1, -0.05) is 6.07 Å². The van der Waals surface area contributed by atoms with E-state index < -0.39 is 17.7 Å². The number of nitrogens with one attached hydrogen (secondary N) is 1.